The fourth-order valence-electron chi connectivity index (χ4n) is 5.00. The quantitative estimate of drug-likeness (QED) is 0.458. The number of nitrogens with one attached hydrogen (secondary N) is 1. The molecule has 0 spiro atoms. The third kappa shape index (κ3) is 4.53. The summed E-state index contributed by atoms with van der Waals surface area (Å²) in [6, 6.07) is 12.6. The molecule has 2 heterocycles. The normalized spacial score (nSPS) is 26.4. The molecule has 0 radical (unpaired) electrons. The monoisotopic (exact) mass is 488 g/mol. The van der Waals surface area contributed by atoms with Crippen LogP contribution in [0.15, 0.2) is 66.7 Å². The molecule has 2 saturated heterocycles. The number of imide groups is 1. The van der Waals surface area contributed by atoms with E-state index in [4.69, 9.17) is 0 Å². The number of carboxylic acid groups (broad SMARTS) is 1. The van der Waals surface area contributed by atoms with Gasteiger partial charge in [0.15, 0.2) is 0 Å². The van der Waals surface area contributed by atoms with E-state index in [9.17, 15) is 32.7 Å². The number of carbonyl (C=O) groups is 3. The van der Waals surface area contributed by atoms with E-state index in [1.54, 1.807) is 49.4 Å². The molecular formula is C25H23F3N2O5. The summed E-state index contributed by atoms with van der Waals surface area (Å²) < 4.78 is 42.4. The van der Waals surface area contributed by atoms with Crippen LogP contribution in [0.5, 0.6) is 5.75 Å². The molecule has 2 fully saturated rings. The summed E-state index contributed by atoms with van der Waals surface area (Å²) in [4.78, 5) is 40.6. The summed E-state index contributed by atoms with van der Waals surface area (Å²) in [5.41, 5.74) is -1.01. The van der Waals surface area contributed by atoms with Crippen LogP contribution in [0.4, 0.5) is 13.2 Å². The number of carboxylic acids is 1. The first-order chi connectivity index (χ1) is 16.6. The summed E-state index contributed by atoms with van der Waals surface area (Å²) in [7, 11) is 0. The number of fused-ring (bicyclic) bond motifs is 1. The topological polar surface area (TPSA) is 95.9 Å². The summed E-state index contributed by atoms with van der Waals surface area (Å²) in [6.45, 7) is 1.70. The number of rotatable bonds is 7. The van der Waals surface area contributed by atoms with Gasteiger partial charge in [0, 0.05) is 19.0 Å². The van der Waals surface area contributed by atoms with Crippen LogP contribution in [0.3, 0.4) is 0 Å². The summed E-state index contributed by atoms with van der Waals surface area (Å²) >= 11 is 0. The standard InChI is InChI=1S/C25H23F3N2O5/c1-2-3-12-30-21(31)18-19(22(30)32)24(23(33)34,14-15-8-5-4-6-9-15)29-20(18)16-10-7-11-17(13-16)35-25(26,27)28/h2-11,13,18-20,29H,12,14H2,1H3,(H,33,34). The maximum absolute atomic E-state index is 13.4. The van der Waals surface area contributed by atoms with Crippen LogP contribution in [-0.2, 0) is 20.8 Å². The highest BCUT2D eigenvalue weighted by molar-refractivity contribution is 6.09. The lowest BCUT2D eigenvalue weighted by Crippen LogP contribution is -2.57. The molecule has 2 aliphatic heterocycles. The van der Waals surface area contributed by atoms with Crippen molar-refractivity contribution in [2.24, 2.45) is 11.8 Å². The number of likely N-dealkylation sites (tertiary alicyclic amines) is 1. The first-order valence-corrected chi connectivity index (χ1v) is 10.9. The Morgan fingerprint density at radius 2 is 1.86 bits per heavy atom. The van der Waals surface area contributed by atoms with E-state index in [1.165, 1.54) is 12.1 Å². The third-order valence-electron chi connectivity index (χ3n) is 6.43. The largest absolute Gasteiger partial charge is 0.573 e. The van der Waals surface area contributed by atoms with E-state index < -0.39 is 53.3 Å². The molecule has 0 aliphatic carbocycles. The molecular weight excluding hydrogens is 465 g/mol. The van der Waals surface area contributed by atoms with Gasteiger partial charge in [-0.1, -0.05) is 54.6 Å². The Hall–Kier alpha value is -3.66. The summed E-state index contributed by atoms with van der Waals surface area (Å²) in [5, 5.41) is 13.4. The zero-order chi connectivity index (χ0) is 25.4. The second kappa shape index (κ2) is 9.18. The number of alkyl halides is 3. The molecule has 4 unspecified atom stereocenters. The molecule has 2 aromatic rings. The third-order valence-corrected chi connectivity index (χ3v) is 6.43. The Labute approximate surface area is 199 Å². The first-order valence-electron chi connectivity index (χ1n) is 10.9. The van der Waals surface area contributed by atoms with Gasteiger partial charge in [-0.05, 0) is 30.2 Å². The Morgan fingerprint density at radius 1 is 1.14 bits per heavy atom. The molecule has 10 heteroatoms. The van der Waals surface area contributed by atoms with E-state index in [0.717, 1.165) is 17.0 Å². The predicted octanol–water partition coefficient (Wildman–Crippen LogP) is 3.47. The second-order valence-corrected chi connectivity index (χ2v) is 8.54. The molecule has 2 amide bonds. The van der Waals surface area contributed by atoms with Gasteiger partial charge in [-0.2, -0.15) is 0 Å². The maximum Gasteiger partial charge on any atom is 0.573 e. The Balaban J connectivity index is 1.81. The van der Waals surface area contributed by atoms with Crippen molar-refractivity contribution in [1.82, 2.24) is 10.2 Å². The molecule has 7 nitrogen and oxygen atoms in total. The van der Waals surface area contributed by atoms with Gasteiger partial charge >= 0.3 is 12.3 Å². The number of amides is 2. The van der Waals surface area contributed by atoms with Crippen molar-refractivity contribution in [1.29, 1.82) is 0 Å². The minimum absolute atomic E-state index is 0.0217. The number of hydrogen-bond donors (Lipinski definition) is 2. The molecule has 4 atom stereocenters. The van der Waals surface area contributed by atoms with E-state index in [0.29, 0.717) is 5.56 Å². The minimum Gasteiger partial charge on any atom is -0.480 e. The molecule has 4 rings (SSSR count). The summed E-state index contributed by atoms with van der Waals surface area (Å²) in [6.07, 6.45) is -1.76. The van der Waals surface area contributed by atoms with Gasteiger partial charge in [-0.3, -0.25) is 24.6 Å². The van der Waals surface area contributed by atoms with Crippen molar-refractivity contribution in [2.75, 3.05) is 6.54 Å². The van der Waals surface area contributed by atoms with Gasteiger partial charge < -0.3 is 9.84 Å². The van der Waals surface area contributed by atoms with Crippen molar-refractivity contribution >= 4 is 17.8 Å². The number of hydrogen-bond acceptors (Lipinski definition) is 5. The molecule has 0 saturated carbocycles. The van der Waals surface area contributed by atoms with Crippen LogP contribution >= 0.6 is 0 Å². The molecule has 0 bridgehead atoms. The number of halogens is 3. The number of benzene rings is 2. The highest BCUT2D eigenvalue weighted by Crippen LogP contribution is 2.50. The van der Waals surface area contributed by atoms with Crippen LogP contribution in [0.1, 0.15) is 24.1 Å². The number of carbonyl (C=O) groups excluding carboxylic acids is 2. The fraction of sp³-hybridized carbons (Fsp3) is 0.320. The highest BCUT2D eigenvalue weighted by Gasteiger charge is 2.68. The Bertz CT molecular complexity index is 1170. The minimum atomic E-state index is -4.93. The smallest absolute Gasteiger partial charge is 0.480 e. The zero-order valence-electron chi connectivity index (χ0n) is 18.7. The van der Waals surface area contributed by atoms with Crippen molar-refractivity contribution in [3.05, 3.63) is 77.9 Å². The lowest BCUT2D eigenvalue weighted by molar-refractivity contribution is -0.274. The van der Waals surface area contributed by atoms with E-state index in [1.807, 2.05) is 0 Å². The first kappa shape index (κ1) is 24.5. The van der Waals surface area contributed by atoms with Crippen molar-refractivity contribution in [3.63, 3.8) is 0 Å². The highest BCUT2D eigenvalue weighted by atomic mass is 19.4. The van der Waals surface area contributed by atoms with Crippen molar-refractivity contribution in [2.45, 2.75) is 31.3 Å². The number of aliphatic carboxylic acids is 1. The predicted molar refractivity (Wildman–Crippen MR) is 118 cm³/mol. The molecule has 2 aromatic carbocycles. The van der Waals surface area contributed by atoms with Crippen LogP contribution in [-0.4, -0.2) is 46.2 Å². The number of allylic oxidation sites excluding steroid dienone is 1. The van der Waals surface area contributed by atoms with E-state index in [-0.39, 0.29) is 18.5 Å². The van der Waals surface area contributed by atoms with Gasteiger partial charge in [0.1, 0.15) is 11.3 Å². The van der Waals surface area contributed by atoms with Crippen LogP contribution in [0.2, 0.25) is 0 Å². The molecule has 184 valence electrons. The Kier molecular flexibility index (Phi) is 6.42. The molecule has 35 heavy (non-hydrogen) atoms. The lowest BCUT2D eigenvalue weighted by atomic mass is 9.76. The van der Waals surface area contributed by atoms with E-state index >= 15 is 0 Å². The van der Waals surface area contributed by atoms with Gasteiger partial charge in [0.25, 0.3) is 0 Å². The van der Waals surface area contributed by atoms with Crippen molar-refractivity contribution < 1.29 is 37.4 Å². The number of ether oxygens (including phenoxy) is 1. The molecule has 0 aromatic heterocycles. The van der Waals surface area contributed by atoms with Gasteiger partial charge in [-0.15, -0.1) is 13.2 Å². The van der Waals surface area contributed by atoms with Crippen LogP contribution in [0.25, 0.3) is 0 Å². The lowest BCUT2D eigenvalue weighted by Gasteiger charge is -2.31. The second-order valence-electron chi connectivity index (χ2n) is 8.54. The van der Waals surface area contributed by atoms with Gasteiger partial charge in [0.2, 0.25) is 11.8 Å². The zero-order valence-corrected chi connectivity index (χ0v) is 18.7. The van der Waals surface area contributed by atoms with Crippen LogP contribution < -0.4 is 10.1 Å². The van der Waals surface area contributed by atoms with Crippen LogP contribution in [0, 0.1) is 11.8 Å². The molecule has 2 aliphatic rings. The number of nitrogens with zero attached hydrogens (tertiary/aromatic N) is 1. The maximum atomic E-state index is 13.4. The average Bonchev–Trinajstić information content (AvgIpc) is 3.26. The summed E-state index contributed by atoms with van der Waals surface area (Å²) in [5.74, 6) is -5.41. The fourth-order valence-corrected chi connectivity index (χ4v) is 5.00. The van der Waals surface area contributed by atoms with Gasteiger partial charge in [-0.25, -0.2) is 0 Å². The average molecular weight is 488 g/mol. The van der Waals surface area contributed by atoms with Gasteiger partial charge in [0.05, 0.1) is 11.8 Å². The molecule has 2 N–H and O–H groups in total. The Morgan fingerprint density at radius 3 is 2.49 bits per heavy atom. The van der Waals surface area contributed by atoms with Crippen molar-refractivity contribution in [3.8, 4) is 5.75 Å². The SMILES string of the molecule is CC=CCN1C(=O)C2C(c3cccc(OC(F)(F)F)c3)NC(Cc3ccccc3)(C(=O)O)C2C1=O. The van der Waals surface area contributed by atoms with E-state index in [2.05, 4.69) is 10.1 Å².